The molecule has 1 saturated carbocycles. The van der Waals surface area contributed by atoms with E-state index in [9.17, 15) is 9.59 Å². The van der Waals surface area contributed by atoms with Crippen LogP contribution in [0, 0.1) is 5.92 Å². The van der Waals surface area contributed by atoms with Crippen LogP contribution in [0.5, 0.6) is 0 Å². The summed E-state index contributed by atoms with van der Waals surface area (Å²) in [5.41, 5.74) is 1.77. The minimum atomic E-state index is -0.104. The van der Waals surface area contributed by atoms with Gasteiger partial charge in [0, 0.05) is 24.2 Å². The lowest BCUT2D eigenvalue weighted by atomic mass is 9.86. The number of likely N-dealkylation sites (N-methyl/N-ethyl adjacent to an activating group) is 1. The van der Waals surface area contributed by atoms with E-state index in [1.807, 2.05) is 38.2 Å². The lowest BCUT2D eigenvalue weighted by Gasteiger charge is -2.31. The van der Waals surface area contributed by atoms with E-state index in [0.717, 1.165) is 23.4 Å². The van der Waals surface area contributed by atoms with Gasteiger partial charge in [0.25, 0.3) is 11.8 Å². The summed E-state index contributed by atoms with van der Waals surface area (Å²) in [6.07, 6.45) is 4.80. The quantitative estimate of drug-likeness (QED) is 0.723. The predicted octanol–water partition coefficient (Wildman–Crippen LogP) is 1.14. The van der Waals surface area contributed by atoms with E-state index in [2.05, 4.69) is 17.6 Å². The van der Waals surface area contributed by atoms with Crippen LogP contribution in [0.2, 0.25) is 0 Å². The summed E-state index contributed by atoms with van der Waals surface area (Å²) >= 11 is 0. The van der Waals surface area contributed by atoms with Crippen molar-refractivity contribution in [3.63, 3.8) is 0 Å². The molecule has 0 radical (unpaired) electrons. The predicted molar refractivity (Wildman–Crippen MR) is 99.4 cm³/mol. The smallest absolute Gasteiger partial charge is 0.278 e. The molecule has 1 fully saturated rings. The van der Waals surface area contributed by atoms with Gasteiger partial charge in [-0.1, -0.05) is 31.9 Å². The monoisotopic (exact) mass is 346 g/mol. The van der Waals surface area contributed by atoms with Crippen molar-refractivity contribution in [2.45, 2.75) is 58.2 Å². The molecular weight excluding hydrogens is 314 g/mol. The number of benzene rings is 1. The van der Waals surface area contributed by atoms with Gasteiger partial charge in [-0.05, 0) is 37.8 Å². The highest BCUT2D eigenvalue weighted by molar-refractivity contribution is 5.93. The first-order valence-electron chi connectivity index (χ1n) is 9.36. The Morgan fingerprint density at radius 1 is 1.20 bits per heavy atom. The van der Waals surface area contributed by atoms with Crippen LogP contribution in [0.3, 0.4) is 0 Å². The van der Waals surface area contributed by atoms with Crippen molar-refractivity contribution >= 4 is 11.8 Å². The number of hydrogen-bond donors (Lipinski definition) is 3. The van der Waals surface area contributed by atoms with Gasteiger partial charge in [-0.15, -0.1) is 0 Å². The van der Waals surface area contributed by atoms with E-state index < -0.39 is 0 Å². The normalized spacial score (nSPS) is 22.7. The Bertz CT molecular complexity index is 585. The third-order valence-corrected chi connectivity index (χ3v) is 5.50. The molecule has 25 heavy (non-hydrogen) atoms. The number of carbonyl (C=O) groups is 2. The molecule has 0 heterocycles. The first-order valence-corrected chi connectivity index (χ1v) is 9.36. The molecule has 1 aliphatic carbocycles. The van der Waals surface area contributed by atoms with Crippen LogP contribution in [0.4, 0.5) is 0 Å². The second-order valence-electron chi connectivity index (χ2n) is 7.40. The van der Waals surface area contributed by atoms with Gasteiger partial charge >= 0.3 is 0 Å². The number of hydrogen-bond acceptors (Lipinski definition) is 2. The number of rotatable bonds is 6. The Labute approximate surface area is 151 Å². The number of quaternary nitrogens is 1. The average molecular weight is 346 g/mol. The second-order valence-corrected chi connectivity index (χ2v) is 7.40. The van der Waals surface area contributed by atoms with Crippen molar-refractivity contribution in [1.82, 2.24) is 10.6 Å². The minimum absolute atomic E-state index is 0.0819. The summed E-state index contributed by atoms with van der Waals surface area (Å²) < 4.78 is 0. The topological polar surface area (TPSA) is 62.6 Å². The molecule has 0 saturated heterocycles. The van der Waals surface area contributed by atoms with Crippen molar-refractivity contribution in [3.8, 4) is 0 Å². The largest absolute Gasteiger partial charge is 0.355 e. The Balaban J connectivity index is 1.89. The Hall–Kier alpha value is -1.88. The molecule has 0 spiro atoms. The SMILES string of the molecule is CNC(=O)c1ccc(C[NH+](C)[C@H](C)C(=O)N[C@@H]2CCCC[C@@H]2C)cc1. The van der Waals surface area contributed by atoms with Crippen LogP contribution >= 0.6 is 0 Å². The van der Waals surface area contributed by atoms with Gasteiger partial charge in [0.1, 0.15) is 6.54 Å². The number of carbonyl (C=O) groups excluding carboxylic acids is 2. The van der Waals surface area contributed by atoms with Crippen molar-refractivity contribution in [3.05, 3.63) is 35.4 Å². The molecule has 4 atom stereocenters. The third kappa shape index (κ3) is 5.30. The van der Waals surface area contributed by atoms with Gasteiger partial charge in [0.2, 0.25) is 0 Å². The van der Waals surface area contributed by atoms with Gasteiger partial charge in [0.05, 0.1) is 7.05 Å². The molecule has 1 aromatic carbocycles. The van der Waals surface area contributed by atoms with E-state index in [0.29, 0.717) is 17.5 Å². The van der Waals surface area contributed by atoms with Crippen molar-refractivity contribution in [2.24, 2.45) is 5.92 Å². The summed E-state index contributed by atoms with van der Waals surface area (Å²) in [6, 6.07) is 7.80. The molecule has 3 N–H and O–H groups in total. The molecule has 0 bridgehead atoms. The van der Waals surface area contributed by atoms with Gasteiger partial charge in [-0.25, -0.2) is 0 Å². The third-order valence-electron chi connectivity index (χ3n) is 5.50. The van der Waals surface area contributed by atoms with Gasteiger partial charge in [-0.3, -0.25) is 9.59 Å². The van der Waals surface area contributed by atoms with E-state index in [4.69, 9.17) is 0 Å². The highest BCUT2D eigenvalue weighted by atomic mass is 16.2. The minimum Gasteiger partial charge on any atom is -0.355 e. The first kappa shape index (κ1) is 19.4. The van der Waals surface area contributed by atoms with Crippen LogP contribution in [0.1, 0.15) is 55.5 Å². The van der Waals surface area contributed by atoms with E-state index >= 15 is 0 Å². The highest BCUT2D eigenvalue weighted by Gasteiger charge is 2.28. The lowest BCUT2D eigenvalue weighted by Crippen LogP contribution is -3.12. The zero-order valence-corrected chi connectivity index (χ0v) is 15.9. The maximum Gasteiger partial charge on any atom is 0.278 e. The summed E-state index contributed by atoms with van der Waals surface area (Å²) in [5.74, 6) is 0.627. The van der Waals surface area contributed by atoms with Gasteiger partial charge < -0.3 is 15.5 Å². The molecule has 2 rings (SSSR count). The summed E-state index contributed by atoms with van der Waals surface area (Å²) in [5, 5.41) is 5.87. The van der Waals surface area contributed by atoms with Crippen LogP contribution < -0.4 is 15.5 Å². The Kier molecular flexibility index (Phi) is 7.00. The molecule has 2 amide bonds. The van der Waals surface area contributed by atoms with Crippen LogP contribution in [-0.2, 0) is 11.3 Å². The van der Waals surface area contributed by atoms with Crippen molar-refractivity contribution < 1.29 is 14.5 Å². The van der Waals surface area contributed by atoms with E-state index in [1.165, 1.54) is 19.3 Å². The standard InChI is InChI=1S/C20H31N3O2/c1-14-7-5-6-8-18(14)22-19(24)15(2)23(4)13-16-9-11-17(12-10-16)20(25)21-3/h9-12,14-15,18H,5-8,13H2,1-4H3,(H,21,25)(H,22,24)/p+1/t14-,15+,18+/m0/s1. The fraction of sp³-hybridized carbons (Fsp3) is 0.600. The summed E-state index contributed by atoms with van der Waals surface area (Å²) in [4.78, 5) is 25.3. The van der Waals surface area contributed by atoms with Gasteiger partial charge in [0.15, 0.2) is 6.04 Å². The second kappa shape index (κ2) is 8.99. The molecule has 1 aromatic rings. The molecule has 5 heteroatoms. The van der Waals surface area contributed by atoms with E-state index in [-0.39, 0.29) is 17.9 Å². The lowest BCUT2D eigenvalue weighted by molar-refractivity contribution is -0.908. The van der Waals surface area contributed by atoms with E-state index in [1.54, 1.807) is 7.05 Å². The summed E-state index contributed by atoms with van der Waals surface area (Å²) in [7, 11) is 3.67. The zero-order valence-electron chi connectivity index (χ0n) is 15.9. The Morgan fingerprint density at radius 2 is 1.84 bits per heavy atom. The molecule has 138 valence electrons. The number of nitrogens with one attached hydrogen (secondary N) is 3. The molecule has 1 unspecified atom stereocenters. The molecule has 1 aliphatic rings. The van der Waals surface area contributed by atoms with Crippen LogP contribution in [0.15, 0.2) is 24.3 Å². The van der Waals surface area contributed by atoms with Crippen LogP contribution in [0.25, 0.3) is 0 Å². The first-order chi connectivity index (χ1) is 11.9. The maximum absolute atomic E-state index is 12.6. The zero-order chi connectivity index (χ0) is 18.4. The van der Waals surface area contributed by atoms with Gasteiger partial charge in [-0.2, -0.15) is 0 Å². The molecular formula is C20H32N3O2+. The maximum atomic E-state index is 12.6. The van der Waals surface area contributed by atoms with Crippen LogP contribution in [-0.4, -0.2) is 38.0 Å². The highest BCUT2D eigenvalue weighted by Crippen LogP contribution is 2.23. The van der Waals surface area contributed by atoms with Crippen molar-refractivity contribution in [2.75, 3.05) is 14.1 Å². The summed E-state index contributed by atoms with van der Waals surface area (Å²) in [6.45, 7) is 4.97. The van der Waals surface area contributed by atoms with Crippen molar-refractivity contribution in [1.29, 1.82) is 0 Å². The average Bonchev–Trinajstić information content (AvgIpc) is 2.62. The molecule has 5 nitrogen and oxygen atoms in total. The fourth-order valence-electron chi connectivity index (χ4n) is 3.46. The Morgan fingerprint density at radius 3 is 2.44 bits per heavy atom. The molecule has 0 aliphatic heterocycles. The fourth-order valence-corrected chi connectivity index (χ4v) is 3.46. The number of amides is 2. The molecule has 0 aromatic heterocycles.